The van der Waals surface area contributed by atoms with Crippen LogP contribution in [-0.2, 0) is 0 Å². The Morgan fingerprint density at radius 3 is 3.00 bits per heavy atom. The molecule has 1 amide bonds. The van der Waals surface area contributed by atoms with Crippen LogP contribution in [0, 0.1) is 0 Å². The second kappa shape index (κ2) is 4.14. The highest BCUT2D eigenvalue weighted by molar-refractivity contribution is 6.01. The van der Waals surface area contributed by atoms with Crippen molar-refractivity contribution in [2.45, 2.75) is 25.6 Å². The van der Waals surface area contributed by atoms with Crippen LogP contribution >= 0.6 is 0 Å². The molecule has 2 N–H and O–H groups in total. The maximum Gasteiger partial charge on any atom is 0.256 e. The number of amides is 1. The third-order valence-corrected chi connectivity index (χ3v) is 3.74. The molecule has 0 aromatic heterocycles. The molecule has 4 heteroatoms. The summed E-state index contributed by atoms with van der Waals surface area (Å²) in [6.45, 7) is 2.59. The van der Waals surface area contributed by atoms with Gasteiger partial charge in [0.2, 0.25) is 0 Å². The molecule has 0 saturated carbocycles. The topological polar surface area (TPSA) is 52.6 Å². The Hall–Kier alpha value is -1.81. The van der Waals surface area contributed by atoms with Crippen molar-refractivity contribution in [1.29, 1.82) is 0 Å². The SMILES string of the molecule is CC=C1C[C@H]2[C@@H](O)Nc3ccccc3C(=O)N2C1. The van der Waals surface area contributed by atoms with Gasteiger partial charge in [0.05, 0.1) is 11.6 Å². The highest BCUT2D eigenvalue weighted by Gasteiger charge is 2.39. The van der Waals surface area contributed by atoms with Gasteiger partial charge in [-0.25, -0.2) is 0 Å². The van der Waals surface area contributed by atoms with E-state index in [0.29, 0.717) is 17.8 Å². The molecule has 1 fully saturated rings. The number of rotatable bonds is 0. The summed E-state index contributed by atoms with van der Waals surface area (Å²) in [7, 11) is 0. The number of nitrogens with zero attached hydrogens (tertiary/aromatic N) is 1. The number of aliphatic hydroxyl groups is 1. The molecule has 4 nitrogen and oxygen atoms in total. The highest BCUT2D eigenvalue weighted by Crippen LogP contribution is 2.32. The van der Waals surface area contributed by atoms with Crippen molar-refractivity contribution < 1.29 is 9.90 Å². The molecule has 0 aliphatic carbocycles. The number of anilines is 1. The van der Waals surface area contributed by atoms with Gasteiger partial charge >= 0.3 is 0 Å². The number of allylic oxidation sites excluding steroid dienone is 1. The van der Waals surface area contributed by atoms with E-state index in [9.17, 15) is 9.90 Å². The normalized spacial score (nSPS) is 28.7. The van der Waals surface area contributed by atoms with E-state index in [1.807, 2.05) is 31.2 Å². The predicted octanol–water partition coefficient (Wildman–Crippen LogP) is 1.59. The molecule has 3 rings (SSSR count). The first-order chi connectivity index (χ1) is 8.70. The molecule has 1 aromatic rings. The smallest absolute Gasteiger partial charge is 0.256 e. The highest BCUT2D eigenvalue weighted by atomic mass is 16.3. The van der Waals surface area contributed by atoms with E-state index in [0.717, 1.165) is 6.42 Å². The molecule has 2 aliphatic heterocycles. The second-order valence-corrected chi connectivity index (χ2v) is 4.79. The van der Waals surface area contributed by atoms with Crippen molar-refractivity contribution in [3.8, 4) is 0 Å². The summed E-state index contributed by atoms with van der Waals surface area (Å²) in [6, 6.07) is 7.16. The van der Waals surface area contributed by atoms with Crippen LogP contribution in [0.2, 0.25) is 0 Å². The standard InChI is InChI=1S/C14H16N2O2/c1-2-9-7-12-13(17)15-11-6-4-3-5-10(11)14(18)16(12)8-9/h2-6,12-13,15,17H,7-8H2,1H3/t12-,13+/m0/s1. The molecule has 94 valence electrons. The van der Waals surface area contributed by atoms with Gasteiger partial charge in [-0.05, 0) is 25.5 Å². The summed E-state index contributed by atoms with van der Waals surface area (Å²) in [4.78, 5) is 14.2. The molecule has 18 heavy (non-hydrogen) atoms. The Balaban J connectivity index is 2.04. The lowest BCUT2D eigenvalue weighted by Gasteiger charge is -2.24. The summed E-state index contributed by atoms with van der Waals surface area (Å²) >= 11 is 0. The number of nitrogens with one attached hydrogen (secondary N) is 1. The van der Waals surface area contributed by atoms with Crippen molar-refractivity contribution in [2.75, 3.05) is 11.9 Å². The molecule has 0 spiro atoms. The van der Waals surface area contributed by atoms with Gasteiger partial charge < -0.3 is 15.3 Å². The molecule has 0 bridgehead atoms. The summed E-state index contributed by atoms with van der Waals surface area (Å²) in [5.41, 5.74) is 2.55. The predicted molar refractivity (Wildman–Crippen MR) is 69.3 cm³/mol. The molecular formula is C14H16N2O2. The lowest BCUT2D eigenvalue weighted by Crippen LogP contribution is -2.43. The zero-order valence-electron chi connectivity index (χ0n) is 10.3. The van der Waals surface area contributed by atoms with Gasteiger partial charge in [-0.1, -0.05) is 23.8 Å². The van der Waals surface area contributed by atoms with Crippen LogP contribution in [0.25, 0.3) is 0 Å². The van der Waals surface area contributed by atoms with E-state index in [1.54, 1.807) is 11.0 Å². The average molecular weight is 244 g/mol. The van der Waals surface area contributed by atoms with Crippen molar-refractivity contribution >= 4 is 11.6 Å². The Morgan fingerprint density at radius 1 is 1.44 bits per heavy atom. The fourth-order valence-corrected chi connectivity index (χ4v) is 2.70. The first-order valence-electron chi connectivity index (χ1n) is 6.19. The van der Waals surface area contributed by atoms with Gasteiger partial charge in [0.1, 0.15) is 6.23 Å². The van der Waals surface area contributed by atoms with Gasteiger partial charge in [0.15, 0.2) is 0 Å². The number of fused-ring (bicyclic) bond motifs is 2. The third kappa shape index (κ3) is 1.61. The summed E-state index contributed by atoms with van der Waals surface area (Å²) < 4.78 is 0. The van der Waals surface area contributed by atoms with Crippen LogP contribution in [0.3, 0.4) is 0 Å². The largest absolute Gasteiger partial charge is 0.372 e. The Bertz CT molecular complexity index is 524. The minimum atomic E-state index is -0.713. The fourth-order valence-electron chi connectivity index (χ4n) is 2.70. The van der Waals surface area contributed by atoms with E-state index in [-0.39, 0.29) is 11.9 Å². The van der Waals surface area contributed by atoms with E-state index in [1.165, 1.54) is 5.57 Å². The summed E-state index contributed by atoms with van der Waals surface area (Å²) in [5, 5.41) is 13.2. The molecule has 1 aromatic carbocycles. The van der Waals surface area contributed by atoms with Crippen molar-refractivity contribution in [3.63, 3.8) is 0 Å². The van der Waals surface area contributed by atoms with Crippen molar-refractivity contribution in [2.24, 2.45) is 0 Å². The van der Waals surface area contributed by atoms with Crippen LogP contribution in [-0.4, -0.2) is 34.7 Å². The molecule has 0 radical (unpaired) electrons. The molecule has 2 aliphatic rings. The fraction of sp³-hybridized carbons (Fsp3) is 0.357. The number of para-hydroxylation sites is 1. The first-order valence-corrected chi connectivity index (χ1v) is 6.19. The average Bonchev–Trinajstić information content (AvgIpc) is 2.79. The maximum absolute atomic E-state index is 12.5. The quantitative estimate of drug-likeness (QED) is 0.681. The number of benzene rings is 1. The van der Waals surface area contributed by atoms with Gasteiger partial charge in [0, 0.05) is 12.2 Å². The second-order valence-electron chi connectivity index (χ2n) is 4.79. The number of aliphatic hydroxyl groups excluding tert-OH is 1. The lowest BCUT2D eigenvalue weighted by molar-refractivity contribution is 0.0582. The van der Waals surface area contributed by atoms with E-state index in [2.05, 4.69) is 5.32 Å². The number of carbonyl (C=O) groups excluding carboxylic acids is 1. The Morgan fingerprint density at radius 2 is 2.22 bits per heavy atom. The number of hydrogen-bond acceptors (Lipinski definition) is 3. The van der Waals surface area contributed by atoms with Crippen molar-refractivity contribution in [3.05, 3.63) is 41.5 Å². The van der Waals surface area contributed by atoms with Crippen LogP contribution < -0.4 is 5.32 Å². The zero-order chi connectivity index (χ0) is 12.7. The molecule has 2 atom stereocenters. The number of carbonyl (C=O) groups is 1. The van der Waals surface area contributed by atoms with Crippen LogP contribution in [0.4, 0.5) is 5.69 Å². The van der Waals surface area contributed by atoms with Gasteiger partial charge in [-0.2, -0.15) is 0 Å². The first kappa shape index (κ1) is 11.3. The van der Waals surface area contributed by atoms with Crippen LogP contribution in [0.5, 0.6) is 0 Å². The third-order valence-electron chi connectivity index (χ3n) is 3.74. The maximum atomic E-state index is 12.5. The van der Waals surface area contributed by atoms with E-state index >= 15 is 0 Å². The van der Waals surface area contributed by atoms with Gasteiger partial charge in [-0.15, -0.1) is 0 Å². The lowest BCUT2D eigenvalue weighted by atomic mass is 10.1. The van der Waals surface area contributed by atoms with E-state index in [4.69, 9.17) is 0 Å². The molecule has 2 heterocycles. The van der Waals surface area contributed by atoms with Crippen LogP contribution in [0.15, 0.2) is 35.9 Å². The molecular weight excluding hydrogens is 228 g/mol. The Kier molecular flexibility index (Phi) is 2.59. The van der Waals surface area contributed by atoms with Crippen LogP contribution in [0.1, 0.15) is 23.7 Å². The number of hydrogen-bond donors (Lipinski definition) is 2. The summed E-state index contributed by atoms with van der Waals surface area (Å²) in [5.74, 6) is -0.00324. The molecule has 0 unspecified atom stereocenters. The van der Waals surface area contributed by atoms with Gasteiger partial charge in [0.25, 0.3) is 5.91 Å². The monoisotopic (exact) mass is 244 g/mol. The summed E-state index contributed by atoms with van der Waals surface area (Å²) in [6.07, 6.45) is 2.06. The molecule has 1 saturated heterocycles. The van der Waals surface area contributed by atoms with E-state index < -0.39 is 6.23 Å². The minimum absolute atomic E-state index is 0.00324. The zero-order valence-corrected chi connectivity index (χ0v) is 10.3. The van der Waals surface area contributed by atoms with Crippen molar-refractivity contribution in [1.82, 2.24) is 4.90 Å². The Labute approximate surface area is 106 Å². The minimum Gasteiger partial charge on any atom is -0.372 e. The van der Waals surface area contributed by atoms with Gasteiger partial charge in [-0.3, -0.25) is 4.79 Å².